The number of phenolic OH excluding ortho intramolecular Hbond substituents is 1. The van der Waals surface area contributed by atoms with Crippen LogP contribution in [0.5, 0.6) is 11.5 Å². The molecule has 0 aliphatic carbocycles. The molecule has 1 heterocycles. The van der Waals surface area contributed by atoms with Gasteiger partial charge in [-0.05, 0) is 19.1 Å². The van der Waals surface area contributed by atoms with E-state index in [0.717, 1.165) is 0 Å². The number of thioether (sulfide) groups is 1. The van der Waals surface area contributed by atoms with Crippen molar-refractivity contribution < 1.29 is 34.0 Å². The van der Waals surface area contributed by atoms with Crippen LogP contribution in [0, 0.1) is 0 Å². The number of benzene rings is 1. The Morgan fingerprint density at radius 3 is 2.44 bits per heavy atom. The highest BCUT2D eigenvalue weighted by molar-refractivity contribution is 8.14. The van der Waals surface area contributed by atoms with E-state index in [2.05, 4.69) is 4.99 Å². The zero-order valence-electron chi connectivity index (χ0n) is 15.5. The van der Waals surface area contributed by atoms with E-state index in [1.165, 1.54) is 17.8 Å². The minimum absolute atomic E-state index is 0.000787. The van der Waals surface area contributed by atoms with E-state index in [0.29, 0.717) is 61.8 Å². The first kappa shape index (κ1) is 21.5. The van der Waals surface area contributed by atoms with Crippen molar-refractivity contribution in [2.45, 2.75) is 12.5 Å². The molecule has 8 nitrogen and oxygen atoms in total. The third-order valence-corrected chi connectivity index (χ3v) is 5.09. The summed E-state index contributed by atoms with van der Waals surface area (Å²) < 4.78 is 21.1. The zero-order valence-corrected chi connectivity index (χ0v) is 16.3. The van der Waals surface area contributed by atoms with Gasteiger partial charge in [0.25, 0.3) is 0 Å². The molecule has 0 spiro atoms. The first-order chi connectivity index (χ1) is 13.0. The van der Waals surface area contributed by atoms with Crippen molar-refractivity contribution in [3.63, 3.8) is 0 Å². The fourth-order valence-corrected chi connectivity index (χ4v) is 3.41. The highest BCUT2D eigenvalue weighted by atomic mass is 32.2. The second-order valence-corrected chi connectivity index (χ2v) is 6.99. The Kier molecular flexibility index (Phi) is 8.36. The molecule has 27 heavy (non-hydrogen) atoms. The van der Waals surface area contributed by atoms with Gasteiger partial charge in [0.2, 0.25) is 0 Å². The van der Waals surface area contributed by atoms with Crippen LogP contribution >= 0.6 is 11.8 Å². The molecular formula is C18H25NO7S. The van der Waals surface area contributed by atoms with E-state index < -0.39 is 11.5 Å². The quantitative estimate of drug-likeness (QED) is 0.512. The second-order valence-electron chi connectivity index (χ2n) is 6.03. The number of carboxylic acids is 1. The number of methoxy groups -OCH3 is 1. The number of aliphatic carboxylic acids is 1. The largest absolute Gasteiger partial charge is 0.507 e. The van der Waals surface area contributed by atoms with E-state index >= 15 is 0 Å². The summed E-state index contributed by atoms with van der Waals surface area (Å²) in [6.07, 6.45) is 0. The van der Waals surface area contributed by atoms with Gasteiger partial charge in [0.1, 0.15) is 23.1 Å². The summed E-state index contributed by atoms with van der Waals surface area (Å²) in [4.78, 5) is 15.5. The van der Waals surface area contributed by atoms with Gasteiger partial charge >= 0.3 is 5.97 Å². The summed E-state index contributed by atoms with van der Waals surface area (Å²) in [5.74, 6) is -0.141. The van der Waals surface area contributed by atoms with Crippen LogP contribution in [-0.2, 0) is 19.0 Å². The fourth-order valence-electron chi connectivity index (χ4n) is 2.21. The number of hydrogen-bond acceptors (Lipinski definition) is 8. The van der Waals surface area contributed by atoms with Crippen LogP contribution < -0.4 is 4.74 Å². The number of aromatic hydroxyl groups is 1. The Bertz CT molecular complexity index is 667. The Morgan fingerprint density at radius 2 is 1.85 bits per heavy atom. The summed E-state index contributed by atoms with van der Waals surface area (Å²) in [7, 11) is 1.62. The summed E-state index contributed by atoms with van der Waals surface area (Å²) in [5, 5.41) is 20.0. The van der Waals surface area contributed by atoms with Gasteiger partial charge in [0.05, 0.1) is 33.0 Å². The summed E-state index contributed by atoms with van der Waals surface area (Å²) in [6.45, 7) is 4.36. The van der Waals surface area contributed by atoms with Gasteiger partial charge in [-0.2, -0.15) is 0 Å². The smallest absolute Gasteiger partial charge is 0.332 e. The lowest BCUT2D eigenvalue weighted by Crippen LogP contribution is -2.33. The highest BCUT2D eigenvalue weighted by Crippen LogP contribution is 2.35. The van der Waals surface area contributed by atoms with Gasteiger partial charge in [-0.3, -0.25) is 4.99 Å². The molecule has 1 aliphatic heterocycles. The summed E-state index contributed by atoms with van der Waals surface area (Å²) in [5.41, 5.74) is -0.659. The molecular weight excluding hydrogens is 374 g/mol. The van der Waals surface area contributed by atoms with Crippen molar-refractivity contribution in [3.8, 4) is 11.5 Å². The molecule has 0 radical (unpaired) electrons. The molecule has 1 unspecified atom stereocenters. The maximum atomic E-state index is 11.3. The second kappa shape index (κ2) is 10.5. The molecule has 1 atom stereocenters. The number of hydrogen-bond donors (Lipinski definition) is 2. The van der Waals surface area contributed by atoms with E-state index in [4.69, 9.17) is 18.9 Å². The molecule has 9 heteroatoms. The van der Waals surface area contributed by atoms with Crippen molar-refractivity contribution in [1.29, 1.82) is 0 Å². The van der Waals surface area contributed by atoms with Crippen molar-refractivity contribution in [2.75, 3.05) is 52.5 Å². The molecule has 0 saturated heterocycles. The molecule has 2 N–H and O–H groups in total. The van der Waals surface area contributed by atoms with Gasteiger partial charge in [-0.25, -0.2) is 4.79 Å². The van der Waals surface area contributed by atoms with E-state index in [9.17, 15) is 15.0 Å². The van der Waals surface area contributed by atoms with Crippen LogP contribution in [0.25, 0.3) is 0 Å². The Labute approximate surface area is 162 Å². The summed E-state index contributed by atoms with van der Waals surface area (Å²) >= 11 is 1.31. The monoisotopic (exact) mass is 399 g/mol. The van der Waals surface area contributed by atoms with Crippen LogP contribution in [0.1, 0.15) is 12.5 Å². The number of carboxylic acid groups (broad SMARTS) is 1. The summed E-state index contributed by atoms with van der Waals surface area (Å²) in [6, 6.07) is 4.87. The van der Waals surface area contributed by atoms with Crippen molar-refractivity contribution >= 4 is 22.8 Å². The van der Waals surface area contributed by atoms with E-state index in [1.807, 2.05) is 0 Å². The van der Waals surface area contributed by atoms with E-state index in [-0.39, 0.29) is 5.75 Å². The van der Waals surface area contributed by atoms with Crippen LogP contribution in [0.2, 0.25) is 0 Å². The lowest BCUT2D eigenvalue weighted by Gasteiger charge is -2.12. The minimum atomic E-state index is -1.16. The molecule has 0 saturated carbocycles. The number of ether oxygens (including phenoxy) is 4. The normalized spacial score (nSPS) is 19.1. The molecule has 1 aromatic carbocycles. The Balaban J connectivity index is 1.76. The van der Waals surface area contributed by atoms with Crippen molar-refractivity contribution in [2.24, 2.45) is 4.99 Å². The minimum Gasteiger partial charge on any atom is -0.507 e. The topological polar surface area (TPSA) is 107 Å². The van der Waals surface area contributed by atoms with Gasteiger partial charge in [0, 0.05) is 24.5 Å². The van der Waals surface area contributed by atoms with Crippen molar-refractivity contribution in [3.05, 3.63) is 23.8 Å². The standard InChI is InChI=1S/C18H25NO7S/c1-18(17(21)22)12-27-16(19-18)14-4-3-13(11-15(14)20)26-10-9-25-8-7-24-6-5-23-2/h3-4,11,20H,5-10,12H2,1-2H3,(H,21,22). The third kappa shape index (κ3) is 6.39. The Morgan fingerprint density at radius 1 is 1.19 bits per heavy atom. The lowest BCUT2D eigenvalue weighted by atomic mass is 10.1. The van der Waals surface area contributed by atoms with Crippen LogP contribution in [0.15, 0.2) is 23.2 Å². The predicted octanol–water partition coefficient (Wildman–Crippen LogP) is 1.79. The highest BCUT2D eigenvalue weighted by Gasteiger charge is 2.38. The first-order valence-electron chi connectivity index (χ1n) is 8.53. The van der Waals surface area contributed by atoms with Crippen molar-refractivity contribution in [1.82, 2.24) is 0 Å². The number of carbonyl (C=O) groups is 1. The molecule has 1 aliphatic rings. The molecule has 2 rings (SSSR count). The van der Waals surface area contributed by atoms with Gasteiger partial charge in [-0.15, -0.1) is 11.8 Å². The maximum Gasteiger partial charge on any atom is 0.332 e. The zero-order chi connectivity index (χ0) is 19.7. The number of nitrogens with zero attached hydrogens (tertiary/aromatic N) is 1. The molecule has 1 aromatic rings. The molecule has 150 valence electrons. The molecule has 0 amide bonds. The average Bonchev–Trinajstić information content (AvgIpc) is 3.04. The predicted molar refractivity (Wildman–Crippen MR) is 102 cm³/mol. The van der Waals surface area contributed by atoms with Crippen LogP contribution in [0.3, 0.4) is 0 Å². The fraction of sp³-hybridized carbons (Fsp3) is 0.556. The number of rotatable bonds is 12. The van der Waals surface area contributed by atoms with Crippen LogP contribution in [-0.4, -0.2) is 79.3 Å². The van der Waals surface area contributed by atoms with Gasteiger partial charge < -0.3 is 29.2 Å². The first-order valence-corrected chi connectivity index (χ1v) is 9.51. The maximum absolute atomic E-state index is 11.3. The third-order valence-electron chi connectivity index (χ3n) is 3.80. The Hall–Kier alpha value is -1.81. The van der Waals surface area contributed by atoms with Gasteiger partial charge in [-0.1, -0.05) is 0 Å². The van der Waals surface area contributed by atoms with Crippen LogP contribution in [0.4, 0.5) is 0 Å². The molecule has 0 aromatic heterocycles. The number of aliphatic imine (C=N–C) groups is 1. The molecule has 0 bridgehead atoms. The number of phenols is 1. The average molecular weight is 399 g/mol. The van der Waals surface area contributed by atoms with E-state index in [1.54, 1.807) is 26.2 Å². The molecule has 0 fully saturated rings. The lowest BCUT2D eigenvalue weighted by molar-refractivity contribution is -0.141. The van der Waals surface area contributed by atoms with Gasteiger partial charge in [0.15, 0.2) is 5.54 Å². The SMILES string of the molecule is COCCOCCOCCOc1ccc(C2=NC(C)(C(=O)O)CS2)c(O)c1.